The molecule has 1 aliphatic heterocycles. The van der Waals surface area contributed by atoms with Crippen LogP contribution in [0, 0.1) is 6.92 Å². The molecule has 0 radical (unpaired) electrons. The van der Waals surface area contributed by atoms with Crippen LogP contribution in [0.25, 0.3) is 16.8 Å². The van der Waals surface area contributed by atoms with E-state index >= 15 is 0 Å². The summed E-state index contributed by atoms with van der Waals surface area (Å²) in [6, 6.07) is 14.2. The number of amidine groups is 1. The van der Waals surface area contributed by atoms with Crippen molar-refractivity contribution < 1.29 is 4.79 Å². The maximum atomic E-state index is 12.6. The van der Waals surface area contributed by atoms with E-state index in [9.17, 15) is 4.79 Å². The lowest BCUT2D eigenvalue weighted by Crippen LogP contribution is -2.23. The summed E-state index contributed by atoms with van der Waals surface area (Å²) in [7, 11) is 1.73. The first kappa shape index (κ1) is 16.0. The fraction of sp³-hybridized carbons (Fsp3) is 0.111. The van der Waals surface area contributed by atoms with E-state index in [0.717, 1.165) is 21.3 Å². The van der Waals surface area contributed by atoms with Gasteiger partial charge < -0.3 is 0 Å². The number of likely N-dealkylation sites (N-methyl/N-ethyl adjacent to an activating group) is 1. The normalized spacial score (nSPS) is 18.0. The van der Waals surface area contributed by atoms with Gasteiger partial charge in [-0.25, -0.2) is 0 Å². The van der Waals surface area contributed by atoms with Gasteiger partial charge in [0.2, 0.25) is 5.13 Å². The number of rotatable bonds is 2. The molecule has 1 fully saturated rings. The van der Waals surface area contributed by atoms with Crippen molar-refractivity contribution in [1.82, 2.24) is 15.1 Å². The molecule has 1 aromatic heterocycles. The predicted molar refractivity (Wildman–Crippen MR) is 104 cm³/mol. The van der Waals surface area contributed by atoms with Crippen molar-refractivity contribution in [1.29, 1.82) is 0 Å². The zero-order valence-electron chi connectivity index (χ0n) is 13.6. The van der Waals surface area contributed by atoms with Gasteiger partial charge in [-0.15, -0.1) is 10.2 Å². The van der Waals surface area contributed by atoms with E-state index in [2.05, 4.69) is 33.4 Å². The zero-order valence-corrected chi connectivity index (χ0v) is 15.3. The van der Waals surface area contributed by atoms with E-state index in [1.807, 2.05) is 37.3 Å². The monoisotopic (exact) mass is 366 g/mol. The Labute approximate surface area is 153 Å². The van der Waals surface area contributed by atoms with Crippen LogP contribution < -0.4 is 0 Å². The van der Waals surface area contributed by atoms with Gasteiger partial charge in [0.05, 0.1) is 4.91 Å². The van der Waals surface area contributed by atoms with Crippen molar-refractivity contribution in [2.75, 3.05) is 7.05 Å². The highest BCUT2D eigenvalue weighted by molar-refractivity contribution is 8.18. The van der Waals surface area contributed by atoms with E-state index < -0.39 is 0 Å². The van der Waals surface area contributed by atoms with Gasteiger partial charge in [0.1, 0.15) is 5.01 Å². The molecule has 2 heterocycles. The van der Waals surface area contributed by atoms with Crippen LogP contribution in [-0.2, 0) is 4.79 Å². The summed E-state index contributed by atoms with van der Waals surface area (Å²) in [4.78, 5) is 19.2. The number of aryl methyl sites for hydroxylation is 1. The number of fused-ring (bicyclic) bond motifs is 1. The van der Waals surface area contributed by atoms with E-state index in [1.165, 1.54) is 23.1 Å². The Morgan fingerprint density at radius 2 is 1.92 bits per heavy atom. The summed E-state index contributed by atoms with van der Waals surface area (Å²) >= 11 is 2.77. The van der Waals surface area contributed by atoms with Crippen LogP contribution in [0.2, 0.25) is 0 Å². The number of benzene rings is 2. The van der Waals surface area contributed by atoms with E-state index in [1.54, 1.807) is 11.9 Å². The first-order valence-corrected chi connectivity index (χ1v) is 9.29. The lowest BCUT2D eigenvalue weighted by molar-refractivity contribution is -0.121. The lowest BCUT2D eigenvalue weighted by atomic mass is 10.0. The third kappa shape index (κ3) is 3.08. The Bertz CT molecular complexity index is 1030. The van der Waals surface area contributed by atoms with Gasteiger partial charge in [0, 0.05) is 7.05 Å². The molecule has 4 rings (SSSR count). The number of thioether (sulfide) groups is 1. The van der Waals surface area contributed by atoms with Crippen LogP contribution in [0.3, 0.4) is 0 Å². The molecule has 0 atom stereocenters. The van der Waals surface area contributed by atoms with Crippen LogP contribution in [0.1, 0.15) is 10.6 Å². The topological polar surface area (TPSA) is 58.5 Å². The molecular weight excluding hydrogens is 352 g/mol. The second kappa shape index (κ2) is 6.42. The molecule has 3 aromatic rings. The van der Waals surface area contributed by atoms with Crippen LogP contribution in [0.15, 0.2) is 52.4 Å². The average molecular weight is 366 g/mol. The standard InChI is InChI=1S/C18H14N4OS2/c1-11-20-21-17(24-11)19-18-22(2)16(23)15(25-18)10-13-8-5-7-12-6-3-4-9-14(12)13/h3-10H,1-2H3/b15-10-,19-18+. The Hall–Kier alpha value is -2.51. The molecule has 0 unspecified atom stereocenters. The molecule has 1 aliphatic rings. The second-order valence-corrected chi connectivity index (χ2v) is 7.71. The number of carbonyl (C=O) groups is 1. The number of carbonyl (C=O) groups excluding carboxylic acids is 1. The molecular formula is C18H14N4OS2. The molecule has 1 saturated heterocycles. The summed E-state index contributed by atoms with van der Waals surface area (Å²) in [6.07, 6.45) is 1.93. The van der Waals surface area contributed by atoms with Crippen molar-refractivity contribution in [3.05, 3.63) is 57.9 Å². The summed E-state index contributed by atoms with van der Waals surface area (Å²) in [5.41, 5.74) is 1.02. The van der Waals surface area contributed by atoms with E-state index in [0.29, 0.717) is 15.2 Å². The lowest BCUT2D eigenvalue weighted by Gasteiger charge is -2.05. The maximum absolute atomic E-state index is 12.6. The predicted octanol–water partition coefficient (Wildman–Crippen LogP) is 4.23. The molecule has 0 bridgehead atoms. The number of aromatic nitrogens is 2. The summed E-state index contributed by atoms with van der Waals surface area (Å²) in [5, 5.41) is 12.3. The minimum absolute atomic E-state index is 0.0575. The fourth-order valence-electron chi connectivity index (χ4n) is 2.58. The van der Waals surface area contributed by atoms with Crippen molar-refractivity contribution in [2.24, 2.45) is 4.99 Å². The minimum atomic E-state index is -0.0575. The Kier molecular flexibility index (Phi) is 4.10. The molecule has 25 heavy (non-hydrogen) atoms. The fourth-order valence-corrected chi connectivity index (χ4v) is 4.16. The maximum Gasteiger partial charge on any atom is 0.266 e. The molecule has 0 N–H and O–H groups in total. The smallest absolute Gasteiger partial charge is 0.266 e. The van der Waals surface area contributed by atoms with Gasteiger partial charge in [0.15, 0.2) is 5.17 Å². The zero-order chi connectivity index (χ0) is 17.4. The molecule has 0 aliphatic carbocycles. The highest BCUT2D eigenvalue weighted by Crippen LogP contribution is 2.34. The van der Waals surface area contributed by atoms with Crippen molar-refractivity contribution in [3.63, 3.8) is 0 Å². The van der Waals surface area contributed by atoms with E-state index in [-0.39, 0.29) is 5.91 Å². The van der Waals surface area contributed by atoms with Gasteiger partial charge in [-0.1, -0.05) is 53.8 Å². The number of hydrogen-bond acceptors (Lipinski definition) is 6. The SMILES string of the molecule is Cc1nnc(/N=C2/S/C(=C\c3cccc4ccccc34)C(=O)N2C)s1. The molecule has 124 valence electrons. The summed E-state index contributed by atoms with van der Waals surface area (Å²) in [5.74, 6) is -0.0575. The van der Waals surface area contributed by atoms with Crippen LogP contribution in [-0.4, -0.2) is 33.2 Å². The Morgan fingerprint density at radius 3 is 2.72 bits per heavy atom. The van der Waals surface area contributed by atoms with Gasteiger partial charge in [-0.3, -0.25) is 9.69 Å². The van der Waals surface area contributed by atoms with Crippen molar-refractivity contribution >= 4 is 56.2 Å². The second-order valence-electron chi connectivity index (χ2n) is 5.54. The molecule has 5 nitrogen and oxygen atoms in total. The molecule has 1 amide bonds. The number of amides is 1. The first-order chi connectivity index (χ1) is 12.1. The number of hydrogen-bond donors (Lipinski definition) is 0. The summed E-state index contributed by atoms with van der Waals surface area (Å²) < 4.78 is 0. The van der Waals surface area contributed by atoms with Crippen molar-refractivity contribution in [3.8, 4) is 0 Å². The number of nitrogens with zero attached hydrogens (tertiary/aromatic N) is 4. The molecule has 2 aromatic carbocycles. The van der Waals surface area contributed by atoms with Gasteiger partial charge >= 0.3 is 0 Å². The van der Waals surface area contributed by atoms with Gasteiger partial charge in [-0.05, 0) is 41.1 Å². The largest absolute Gasteiger partial charge is 0.289 e. The highest BCUT2D eigenvalue weighted by atomic mass is 32.2. The average Bonchev–Trinajstić information content (AvgIpc) is 3.14. The van der Waals surface area contributed by atoms with Gasteiger partial charge in [0.25, 0.3) is 5.91 Å². The first-order valence-electron chi connectivity index (χ1n) is 7.66. The molecule has 0 saturated carbocycles. The Balaban J connectivity index is 1.72. The molecule has 0 spiro atoms. The number of aliphatic imine (C=N–C) groups is 1. The van der Waals surface area contributed by atoms with Crippen LogP contribution >= 0.6 is 23.1 Å². The van der Waals surface area contributed by atoms with Crippen LogP contribution in [0.5, 0.6) is 0 Å². The third-order valence-electron chi connectivity index (χ3n) is 3.82. The molecule has 7 heteroatoms. The minimum Gasteiger partial charge on any atom is -0.289 e. The summed E-state index contributed by atoms with van der Waals surface area (Å²) in [6.45, 7) is 1.88. The van der Waals surface area contributed by atoms with Crippen LogP contribution in [0.4, 0.5) is 5.13 Å². The quantitative estimate of drug-likeness (QED) is 0.637. The van der Waals surface area contributed by atoms with E-state index in [4.69, 9.17) is 0 Å². The third-order valence-corrected chi connectivity index (χ3v) is 5.61. The van der Waals surface area contributed by atoms with Crippen molar-refractivity contribution in [2.45, 2.75) is 6.92 Å². The highest BCUT2D eigenvalue weighted by Gasteiger charge is 2.30. The van der Waals surface area contributed by atoms with Gasteiger partial charge in [-0.2, -0.15) is 4.99 Å². The Morgan fingerprint density at radius 1 is 1.12 bits per heavy atom.